The van der Waals surface area contributed by atoms with Gasteiger partial charge >= 0.3 is 0 Å². The summed E-state index contributed by atoms with van der Waals surface area (Å²) in [5.41, 5.74) is 1.14. The van der Waals surface area contributed by atoms with Gasteiger partial charge in [0.2, 0.25) is 5.91 Å². The zero-order valence-electron chi connectivity index (χ0n) is 11.8. The normalized spacial score (nSPS) is 11.8. The lowest BCUT2D eigenvalue weighted by Crippen LogP contribution is -2.32. The van der Waals surface area contributed by atoms with E-state index in [9.17, 15) is 13.6 Å². The van der Waals surface area contributed by atoms with E-state index in [0.717, 1.165) is 0 Å². The number of amides is 1. The molecule has 0 heterocycles. The second-order valence-corrected chi connectivity index (χ2v) is 4.80. The fourth-order valence-electron chi connectivity index (χ4n) is 1.80. The fourth-order valence-corrected chi connectivity index (χ4v) is 1.80. The highest BCUT2D eigenvalue weighted by molar-refractivity contribution is 5.96. The van der Waals surface area contributed by atoms with E-state index in [2.05, 4.69) is 10.6 Å². The molecule has 2 N–H and O–H groups in total. The summed E-state index contributed by atoms with van der Waals surface area (Å²) in [4.78, 5) is 12.0. The molecule has 21 heavy (non-hydrogen) atoms. The Kier molecular flexibility index (Phi) is 4.52. The van der Waals surface area contributed by atoms with Crippen LogP contribution in [0.25, 0.3) is 0 Å². The summed E-state index contributed by atoms with van der Waals surface area (Å²) < 4.78 is 26.9. The third-order valence-electron chi connectivity index (χ3n) is 3.08. The molecule has 0 bridgehead atoms. The Balaban J connectivity index is 2.02. The predicted octanol–water partition coefficient (Wildman–Crippen LogP) is 3.71. The molecule has 110 valence electrons. The van der Waals surface area contributed by atoms with Crippen molar-refractivity contribution in [3.63, 3.8) is 0 Å². The SMILES string of the molecule is Cc1ccc(N[C@H](C)C(=O)Nc2ccccc2F)cc1F. The molecule has 0 saturated carbocycles. The van der Waals surface area contributed by atoms with Gasteiger partial charge < -0.3 is 10.6 Å². The second kappa shape index (κ2) is 6.35. The van der Waals surface area contributed by atoms with Crippen LogP contribution in [0.1, 0.15) is 12.5 Å². The highest BCUT2D eigenvalue weighted by atomic mass is 19.1. The van der Waals surface area contributed by atoms with Crippen LogP contribution in [0.3, 0.4) is 0 Å². The molecule has 5 heteroatoms. The monoisotopic (exact) mass is 290 g/mol. The third kappa shape index (κ3) is 3.78. The number of aryl methyl sites for hydroxylation is 1. The van der Waals surface area contributed by atoms with Gasteiger partial charge in [-0.15, -0.1) is 0 Å². The van der Waals surface area contributed by atoms with E-state index in [1.807, 2.05) is 0 Å². The van der Waals surface area contributed by atoms with Gasteiger partial charge in [-0.1, -0.05) is 18.2 Å². The summed E-state index contributed by atoms with van der Waals surface area (Å²) >= 11 is 0. The maximum Gasteiger partial charge on any atom is 0.246 e. The number of benzene rings is 2. The van der Waals surface area contributed by atoms with Gasteiger partial charge in [0.05, 0.1) is 5.69 Å². The molecule has 0 fully saturated rings. The largest absolute Gasteiger partial charge is 0.374 e. The summed E-state index contributed by atoms with van der Waals surface area (Å²) in [6.07, 6.45) is 0. The highest BCUT2D eigenvalue weighted by Crippen LogP contribution is 2.16. The standard InChI is InChI=1S/C16H16F2N2O/c1-10-7-8-12(9-14(10)18)19-11(2)16(21)20-15-6-4-3-5-13(15)17/h3-9,11,19H,1-2H3,(H,20,21)/t11-/m1/s1. The van der Waals surface area contributed by atoms with Crippen LogP contribution in [0.2, 0.25) is 0 Å². The number of rotatable bonds is 4. The molecule has 0 unspecified atom stereocenters. The molecule has 0 aliphatic carbocycles. The Labute approximate surface area is 122 Å². The van der Waals surface area contributed by atoms with Crippen molar-refractivity contribution >= 4 is 17.3 Å². The first-order valence-electron chi connectivity index (χ1n) is 6.55. The van der Waals surface area contributed by atoms with Gasteiger partial charge in [-0.05, 0) is 43.7 Å². The van der Waals surface area contributed by atoms with Crippen LogP contribution >= 0.6 is 0 Å². The topological polar surface area (TPSA) is 41.1 Å². The van der Waals surface area contributed by atoms with Crippen molar-refractivity contribution < 1.29 is 13.6 Å². The molecule has 2 rings (SSSR count). The van der Waals surface area contributed by atoms with Crippen molar-refractivity contribution in [2.75, 3.05) is 10.6 Å². The number of carbonyl (C=O) groups excluding carboxylic acids is 1. The van der Waals surface area contributed by atoms with Gasteiger partial charge in [0.15, 0.2) is 0 Å². The van der Waals surface area contributed by atoms with E-state index in [4.69, 9.17) is 0 Å². The van der Waals surface area contributed by atoms with Crippen molar-refractivity contribution in [3.8, 4) is 0 Å². The van der Waals surface area contributed by atoms with Gasteiger partial charge in [-0.3, -0.25) is 4.79 Å². The van der Waals surface area contributed by atoms with Gasteiger partial charge in [-0.2, -0.15) is 0 Å². The molecule has 0 aliphatic heterocycles. The first kappa shape index (κ1) is 15.0. The smallest absolute Gasteiger partial charge is 0.246 e. The summed E-state index contributed by atoms with van der Waals surface area (Å²) in [7, 11) is 0. The first-order chi connectivity index (χ1) is 9.97. The van der Waals surface area contributed by atoms with Crippen molar-refractivity contribution in [3.05, 3.63) is 59.7 Å². The average molecular weight is 290 g/mol. The molecular weight excluding hydrogens is 274 g/mol. The van der Waals surface area contributed by atoms with Crippen LogP contribution in [-0.4, -0.2) is 11.9 Å². The maximum absolute atomic E-state index is 13.5. The summed E-state index contributed by atoms with van der Waals surface area (Å²) in [5.74, 6) is -1.25. The molecule has 0 spiro atoms. The molecule has 2 aromatic rings. The summed E-state index contributed by atoms with van der Waals surface area (Å²) in [5, 5.41) is 5.36. The lowest BCUT2D eigenvalue weighted by molar-refractivity contribution is -0.116. The molecule has 0 radical (unpaired) electrons. The third-order valence-corrected chi connectivity index (χ3v) is 3.08. The van der Waals surface area contributed by atoms with Crippen LogP contribution in [0.15, 0.2) is 42.5 Å². The molecule has 2 aromatic carbocycles. The molecule has 0 aromatic heterocycles. The van der Waals surface area contributed by atoms with Gasteiger partial charge in [-0.25, -0.2) is 8.78 Å². The van der Waals surface area contributed by atoms with E-state index < -0.39 is 17.8 Å². The number of halogens is 2. The highest BCUT2D eigenvalue weighted by Gasteiger charge is 2.14. The molecule has 1 atom stereocenters. The van der Waals surface area contributed by atoms with Crippen molar-refractivity contribution in [2.24, 2.45) is 0 Å². The van der Waals surface area contributed by atoms with Crippen LogP contribution in [-0.2, 0) is 4.79 Å². The summed E-state index contributed by atoms with van der Waals surface area (Å²) in [6, 6.07) is 9.92. The van der Waals surface area contributed by atoms with Crippen molar-refractivity contribution in [1.29, 1.82) is 0 Å². The van der Waals surface area contributed by atoms with Crippen LogP contribution in [0.5, 0.6) is 0 Å². The predicted molar refractivity (Wildman–Crippen MR) is 79.3 cm³/mol. The fraction of sp³-hybridized carbons (Fsp3) is 0.188. The minimum absolute atomic E-state index is 0.117. The number of hydrogen-bond acceptors (Lipinski definition) is 2. The van der Waals surface area contributed by atoms with Crippen molar-refractivity contribution in [1.82, 2.24) is 0 Å². The quantitative estimate of drug-likeness (QED) is 0.901. The average Bonchev–Trinajstić information content (AvgIpc) is 2.45. The van der Waals surface area contributed by atoms with Gasteiger partial charge in [0.25, 0.3) is 0 Å². The Hall–Kier alpha value is -2.43. The molecule has 0 aliphatic rings. The van der Waals surface area contributed by atoms with E-state index in [0.29, 0.717) is 11.3 Å². The zero-order chi connectivity index (χ0) is 15.4. The Bertz CT molecular complexity index is 658. The van der Waals surface area contributed by atoms with Gasteiger partial charge in [0, 0.05) is 5.69 Å². The molecule has 1 amide bonds. The lowest BCUT2D eigenvalue weighted by atomic mass is 10.2. The number of hydrogen-bond donors (Lipinski definition) is 2. The minimum atomic E-state index is -0.633. The van der Waals surface area contributed by atoms with Crippen LogP contribution in [0.4, 0.5) is 20.2 Å². The maximum atomic E-state index is 13.5. The van der Waals surface area contributed by atoms with E-state index in [1.165, 1.54) is 18.2 Å². The molecule has 0 saturated heterocycles. The summed E-state index contributed by atoms with van der Waals surface area (Å²) in [6.45, 7) is 3.28. The Morgan fingerprint density at radius 2 is 1.81 bits per heavy atom. The van der Waals surface area contributed by atoms with E-state index in [1.54, 1.807) is 38.1 Å². The number of para-hydroxylation sites is 1. The van der Waals surface area contributed by atoms with Crippen LogP contribution < -0.4 is 10.6 Å². The molecule has 3 nitrogen and oxygen atoms in total. The Morgan fingerprint density at radius 1 is 1.10 bits per heavy atom. The Morgan fingerprint density at radius 3 is 2.48 bits per heavy atom. The van der Waals surface area contributed by atoms with Crippen molar-refractivity contribution in [2.45, 2.75) is 19.9 Å². The minimum Gasteiger partial charge on any atom is -0.374 e. The van der Waals surface area contributed by atoms with E-state index >= 15 is 0 Å². The molecular formula is C16H16F2N2O. The first-order valence-corrected chi connectivity index (χ1v) is 6.55. The zero-order valence-corrected chi connectivity index (χ0v) is 11.8. The number of carbonyl (C=O) groups is 1. The second-order valence-electron chi connectivity index (χ2n) is 4.80. The lowest BCUT2D eigenvalue weighted by Gasteiger charge is -2.16. The number of anilines is 2. The van der Waals surface area contributed by atoms with Crippen LogP contribution in [0, 0.1) is 18.6 Å². The number of nitrogens with one attached hydrogen (secondary N) is 2. The van der Waals surface area contributed by atoms with E-state index in [-0.39, 0.29) is 11.5 Å². The van der Waals surface area contributed by atoms with Gasteiger partial charge in [0.1, 0.15) is 17.7 Å².